The SMILES string of the molecule is CC(N)c1cc2c3c(cccc3c1)C(=O)N2C1CCC(=O)NC1=O. The fraction of sp³-hybridized carbons (Fsp3) is 0.278. The van der Waals surface area contributed by atoms with Gasteiger partial charge in [-0.05, 0) is 42.5 Å². The van der Waals surface area contributed by atoms with Crippen molar-refractivity contribution in [3.05, 3.63) is 41.5 Å². The van der Waals surface area contributed by atoms with Crippen LogP contribution in [0.3, 0.4) is 0 Å². The lowest BCUT2D eigenvalue weighted by atomic mass is 9.99. The summed E-state index contributed by atoms with van der Waals surface area (Å²) in [6.45, 7) is 1.88. The minimum absolute atomic E-state index is 0.186. The molecule has 2 aromatic rings. The molecule has 2 heterocycles. The largest absolute Gasteiger partial charge is 0.324 e. The molecule has 2 aliphatic rings. The average Bonchev–Trinajstić information content (AvgIpc) is 2.82. The number of carbonyl (C=O) groups excluding carboxylic acids is 3. The molecular weight excluding hydrogens is 306 g/mol. The molecule has 0 aromatic heterocycles. The van der Waals surface area contributed by atoms with Gasteiger partial charge in [0.2, 0.25) is 11.8 Å². The van der Waals surface area contributed by atoms with Gasteiger partial charge in [0.05, 0.1) is 5.69 Å². The first-order valence-corrected chi connectivity index (χ1v) is 7.97. The van der Waals surface area contributed by atoms with E-state index in [0.29, 0.717) is 17.7 Å². The Morgan fingerprint density at radius 1 is 1.25 bits per heavy atom. The Morgan fingerprint density at radius 3 is 2.75 bits per heavy atom. The Hall–Kier alpha value is -2.73. The molecule has 0 bridgehead atoms. The number of carbonyl (C=O) groups is 3. The van der Waals surface area contributed by atoms with Crippen molar-refractivity contribution in [3.63, 3.8) is 0 Å². The van der Waals surface area contributed by atoms with Crippen LogP contribution in [0.2, 0.25) is 0 Å². The third kappa shape index (κ3) is 2.03. The Balaban J connectivity index is 1.90. The number of nitrogens with zero attached hydrogens (tertiary/aromatic N) is 1. The molecule has 4 rings (SSSR count). The van der Waals surface area contributed by atoms with Crippen LogP contribution in [-0.4, -0.2) is 23.8 Å². The summed E-state index contributed by atoms with van der Waals surface area (Å²) >= 11 is 0. The van der Waals surface area contributed by atoms with Crippen molar-refractivity contribution in [2.45, 2.75) is 31.8 Å². The monoisotopic (exact) mass is 323 g/mol. The summed E-state index contributed by atoms with van der Waals surface area (Å²) in [6, 6.07) is 8.54. The molecule has 0 aliphatic carbocycles. The third-order valence-corrected chi connectivity index (χ3v) is 4.73. The van der Waals surface area contributed by atoms with Gasteiger partial charge < -0.3 is 5.73 Å². The Kier molecular flexibility index (Phi) is 3.18. The fourth-order valence-corrected chi connectivity index (χ4v) is 3.54. The number of anilines is 1. The van der Waals surface area contributed by atoms with E-state index in [4.69, 9.17) is 5.73 Å². The van der Waals surface area contributed by atoms with Crippen LogP contribution in [0.1, 0.15) is 41.7 Å². The minimum Gasteiger partial charge on any atom is -0.324 e. The second-order valence-electron chi connectivity index (χ2n) is 6.37. The van der Waals surface area contributed by atoms with E-state index in [1.54, 1.807) is 6.07 Å². The summed E-state index contributed by atoms with van der Waals surface area (Å²) in [5.74, 6) is -0.923. The maximum Gasteiger partial charge on any atom is 0.259 e. The van der Waals surface area contributed by atoms with Crippen molar-refractivity contribution >= 4 is 34.2 Å². The van der Waals surface area contributed by atoms with Crippen molar-refractivity contribution in [2.75, 3.05) is 4.90 Å². The lowest BCUT2D eigenvalue weighted by Crippen LogP contribution is -2.53. The molecule has 3 amide bonds. The zero-order chi connectivity index (χ0) is 17.0. The topological polar surface area (TPSA) is 92.5 Å². The fourth-order valence-electron chi connectivity index (χ4n) is 3.54. The number of hydrogen-bond donors (Lipinski definition) is 2. The highest BCUT2D eigenvalue weighted by Crippen LogP contribution is 2.41. The quantitative estimate of drug-likeness (QED) is 0.822. The maximum atomic E-state index is 12.9. The van der Waals surface area contributed by atoms with Crippen LogP contribution in [0, 0.1) is 0 Å². The summed E-state index contributed by atoms with van der Waals surface area (Å²) in [5, 5.41) is 4.10. The summed E-state index contributed by atoms with van der Waals surface area (Å²) < 4.78 is 0. The van der Waals surface area contributed by atoms with E-state index in [9.17, 15) is 14.4 Å². The summed E-state index contributed by atoms with van der Waals surface area (Å²) in [4.78, 5) is 38.1. The summed E-state index contributed by atoms with van der Waals surface area (Å²) in [7, 11) is 0. The van der Waals surface area contributed by atoms with Crippen molar-refractivity contribution in [2.24, 2.45) is 5.73 Å². The molecule has 2 unspecified atom stereocenters. The van der Waals surface area contributed by atoms with E-state index in [-0.39, 0.29) is 24.3 Å². The first-order valence-electron chi connectivity index (χ1n) is 7.97. The van der Waals surface area contributed by atoms with Gasteiger partial charge in [0.1, 0.15) is 6.04 Å². The van der Waals surface area contributed by atoms with Gasteiger partial charge in [0.15, 0.2) is 0 Å². The van der Waals surface area contributed by atoms with Crippen LogP contribution in [0.4, 0.5) is 5.69 Å². The van der Waals surface area contributed by atoms with Gasteiger partial charge in [-0.3, -0.25) is 24.6 Å². The number of piperidine rings is 1. The summed E-state index contributed by atoms with van der Waals surface area (Å²) in [5.41, 5.74) is 8.22. The molecule has 1 fully saturated rings. The highest BCUT2D eigenvalue weighted by molar-refractivity contribution is 6.27. The number of benzene rings is 2. The van der Waals surface area contributed by atoms with Crippen molar-refractivity contribution in [1.29, 1.82) is 0 Å². The second kappa shape index (κ2) is 5.14. The van der Waals surface area contributed by atoms with E-state index >= 15 is 0 Å². The number of imide groups is 1. The molecule has 3 N–H and O–H groups in total. The van der Waals surface area contributed by atoms with Gasteiger partial charge in [-0.2, -0.15) is 0 Å². The molecule has 24 heavy (non-hydrogen) atoms. The number of hydrogen-bond acceptors (Lipinski definition) is 4. The molecule has 6 heteroatoms. The zero-order valence-electron chi connectivity index (χ0n) is 13.2. The van der Waals surface area contributed by atoms with Gasteiger partial charge in [-0.15, -0.1) is 0 Å². The van der Waals surface area contributed by atoms with E-state index in [1.165, 1.54) is 4.90 Å². The van der Waals surface area contributed by atoms with Crippen molar-refractivity contribution in [1.82, 2.24) is 5.32 Å². The first-order chi connectivity index (χ1) is 11.5. The Morgan fingerprint density at radius 2 is 2.04 bits per heavy atom. The molecule has 0 radical (unpaired) electrons. The van der Waals surface area contributed by atoms with E-state index < -0.39 is 11.9 Å². The van der Waals surface area contributed by atoms with Crippen LogP contribution >= 0.6 is 0 Å². The normalized spacial score (nSPS) is 21.3. The minimum atomic E-state index is -0.672. The molecule has 6 nitrogen and oxygen atoms in total. The van der Waals surface area contributed by atoms with Crippen LogP contribution in [0.15, 0.2) is 30.3 Å². The van der Waals surface area contributed by atoms with Gasteiger partial charge in [0.25, 0.3) is 5.91 Å². The van der Waals surface area contributed by atoms with E-state index in [1.807, 2.05) is 31.2 Å². The molecule has 1 saturated heterocycles. The average molecular weight is 323 g/mol. The van der Waals surface area contributed by atoms with E-state index in [0.717, 1.165) is 16.3 Å². The number of nitrogens with one attached hydrogen (secondary N) is 1. The van der Waals surface area contributed by atoms with Gasteiger partial charge in [0, 0.05) is 23.4 Å². The maximum absolute atomic E-state index is 12.9. The van der Waals surface area contributed by atoms with Crippen LogP contribution < -0.4 is 16.0 Å². The molecular formula is C18H17N3O3. The lowest BCUT2D eigenvalue weighted by molar-refractivity contribution is -0.134. The van der Waals surface area contributed by atoms with Crippen molar-refractivity contribution in [3.8, 4) is 0 Å². The second-order valence-corrected chi connectivity index (χ2v) is 6.37. The standard InChI is InChI=1S/C18H17N3O3/c1-9(19)11-7-10-3-2-4-12-16(10)14(8-11)21(18(12)24)13-5-6-15(22)20-17(13)23/h2-4,7-9,13H,5-6,19H2,1H3,(H,20,22,23). The Bertz CT molecular complexity index is 904. The molecule has 2 atom stereocenters. The third-order valence-electron chi connectivity index (χ3n) is 4.73. The highest BCUT2D eigenvalue weighted by atomic mass is 16.2. The smallest absolute Gasteiger partial charge is 0.259 e. The molecule has 122 valence electrons. The molecule has 2 aliphatic heterocycles. The number of rotatable bonds is 2. The van der Waals surface area contributed by atoms with Crippen LogP contribution in [-0.2, 0) is 9.59 Å². The summed E-state index contributed by atoms with van der Waals surface area (Å²) in [6.07, 6.45) is 0.556. The van der Waals surface area contributed by atoms with Gasteiger partial charge in [-0.25, -0.2) is 0 Å². The van der Waals surface area contributed by atoms with Gasteiger partial charge >= 0.3 is 0 Å². The number of amides is 3. The van der Waals surface area contributed by atoms with Crippen LogP contribution in [0.5, 0.6) is 0 Å². The number of nitrogens with two attached hydrogens (primary N) is 1. The molecule has 0 saturated carbocycles. The first kappa shape index (κ1) is 14.8. The van der Waals surface area contributed by atoms with Crippen molar-refractivity contribution < 1.29 is 14.4 Å². The predicted molar refractivity (Wildman–Crippen MR) is 89.5 cm³/mol. The zero-order valence-corrected chi connectivity index (χ0v) is 13.2. The van der Waals surface area contributed by atoms with Crippen LogP contribution in [0.25, 0.3) is 10.8 Å². The highest BCUT2D eigenvalue weighted by Gasteiger charge is 2.40. The molecule has 2 aromatic carbocycles. The predicted octanol–water partition coefficient (Wildman–Crippen LogP) is 1.62. The molecule has 0 spiro atoms. The lowest BCUT2D eigenvalue weighted by Gasteiger charge is -2.30. The Labute approximate surface area is 138 Å². The van der Waals surface area contributed by atoms with E-state index in [2.05, 4.69) is 5.32 Å². The van der Waals surface area contributed by atoms with Gasteiger partial charge in [-0.1, -0.05) is 12.1 Å².